The number of hydrazone groups is 1. The number of ether oxygens (including phenoxy) is 2. The van der Waals surface area contributed by atoms with E-state index in [9.17, 15) is 14.4 Å². The maximum atomic E-state index is 13.7. The van der Waals surface area contributed by atoms with Crippen LogP contribution >= 0.6 is 11.6 Å². The first-order valence-corrected chi connectivity index (χ1v) is 13.4. The molecule has 1 unspecified atom stereocenters. The van der Waals surface area contributed by atoms with Crippen LogP contribution in [0.15, 0.2) is 76.6 Å². The zero-order valence-corrected chi connectivity index (χ0v) is 23.3. The lowest BCUT2D eigenvalue weighted by Gasteiger charge is -2.23. The van der Waals surface area contributed by atoms with E-state index in [0.717, 1.165) is 16.5 Å². The van der Waals surface area contributed by atoms with Crippen LogP contribution in [0.4, 0.5) is 0 Å². The molecule has 41 heavy (non-hydrogen) atoms. The molecule has 0 saturated heterocycles. The summed E-state index contributed by atoms with van der Waals surface area (Å²) in [5.41, 5.74) is 3.33. The fraction of sp³-hybridized carbons (Fsp3) is 0.226. The number of carbonyl (C=O) groups is 2. The quantitative estimate of drug-likeness (QED) is 0.261. The fourth-order valence-electron chi connectivity index (χ4n) is 5.15. The van der Waals surface area contributed by atoms with Gasteiger partial charge in [0, 0.05) is 40.8 Å². The topological polar surface area (TPSA) is 121 Å². The van der Waals surface area contributed by atoms with Crippen molar-refractivity contribution < 1.29 is 24.2 Å². The molecule has 1 aromatic heterocycles. The number of hydrogen-bond donors (Lipinski definition) is 2. The van der Waals surface area contributed by atoms with Crippen LogP contribution in [0.5, 0.6) is 11.5 Å². The molecule has 2 N–H and O–H groups in total. The van der Waals surface area contributed by atoms with Crippen molar-refractivity contribution in [1.82, 2.24) is 9.99 Å². The Hall–Kier alpha value is -4.63. The Balaban J connectivity index is 1.65. The van der Waals surface area contributed by atoms with E-state index in [4.69, 9.17) is 31.3 Å². The maximum Gasteiger partial charge on any atom is 0.303 e. The van der Waals surface area contributed by atoms with Crippen molar-refractivity contribution in [2.45, 2.75) is 31.7 Å². The highest BCUT2D eigenvalue weighted by molar-refractivity contribution is 6.30. The van der Waals surface area contributed by atoms with Crippen molar-refractivity contribution in [3.8, 4) is 22.6 Å². The van der Waals surface area contributed by atoms with Gasteiger partial charge in [-0.05, 0) is 47.9 Å². The van der Waals surface area contributed by atoms with Gasteiger partial charge in [0.25, 0.3) is 5.56 Å². The molecule has 0 bridgehead atoms. The zero-order chi connectivity index (χ0) is 29.1. The summed E-state index contributed by atoms with van der Waals surface area (Å²) in [4.78, 5) is 41.1. The lowest BCUT2D eigenvalue weighted by molar-refractivity contribution is -0.137. The maximum absolute atomic E-state index is 13.7. The number of benzene rings is 3. The Morgan fingerprint density at radius 3 is 2.44 bits per heavy atom. The van der Waals surface area contributed by atoms with Gasteiger partial charge in [0.05, 0.1) is 31.5 Å². The van der Waals surface area contributed by atoms with Gasteiger partial charge in [0.15, 0.2) is 11.5 Å². The van der Waals surface area contributed by atoms with Gasteiger partial charge < -0.3 is 19.6 Å². The van der Waals surface area contributed by atoms with Crippen molar-refractivity contribution in [3.63, 3.8) is 0 Å². The summed E-state index contributed by atoms with van der Waals surface area (Å²) in [7, 11) is 3.07. The predicted molar refractivity (Wildman–Crippen MR) is 157 cm³/mol. The van der Waals surface area contributed by atoms with Crippen LogP contribution < -0.4 is 15.0 Å². The molecule has 210 valence electrons. The molecule has 1 aliphatic heterocycles. The Morgan fingerprint density at radius 1 is 1.00 bits per heavy atom. The molecule has 0 spiro atoms. The molecule has 1 amide bonds. The Labute approximate surface area is 241 Å². The molecule has 0 fully saturated rings. The number of pyridine rings is 1. The van der Waals surface area contributed by atoms with Crippen LogP contribution in [0, 0.1) is 0 Å². The molecule has 0 aliphatic carbocycles. The molecule has 1 aliphatic rings. The Morgan fingerprint density at radius 2 is 1.73 bits per heavy atom. The van der Waals surface area contributed by atoms with E-state index in [1.165, 1.54) is 19.2 Å². The molecule has 9 nitrogen and oxygen atoms in total. The number of carboxylic acid groups (broad SMARTS) is 1. The number of para-hydroxylation sites is 1. The average Bonchev–Trinajstić information content (AvgIpc) is 3.41. The number of aromatic nitrogens is 1. The molecule has 0 saturated carbocycles. The highest BCUT2D eigenvalue weighted by Gasteiger charge is 2.35. The van der Waals surface area contributed by atoms with Crippen molar-refractivity contribution in [2.24, 2.45) is 5.10 Å². The monoisotopic (exact) mass is 573 g/mol. The number of hydrogen-bond acceptors (Lipinski definition) is 6. The molecular weight excluding hydrogens is 546 g/mol. The molecular formula is C31H28ClN3O6. The zero-order valence-electron chi connectivity index (χ0n) is 22.5. The van der Waals surface area contributed by atoms with E-state index in [1.54, 1.807) is 24.3 Å². The molecule has 2 heterocycles. The number of nitrogens with zero attached hydrogens (tertiary/aromatic N) is 2. The van der Waals surface area contributed by atoms with E-state index >= 15 is 0 Å². The van der Waals surface area contributed by atoms with Gasteiger partial charge in [-0.15, -0.1) is 0 Å². The summed E-state index contributed by atoms with van der Waals surface area (Å²) in [6.45, 7) is 0. The van der Waals surface area contributed by atoms with Crippen LogP contribution in [0.3, 0.4) is 0 Å². The smallest absolute Gasteiger partial charge is 0.303 e. The number of methoxy groups -OCH3 is 2. The number of aliphatic carboxylic acids is 1. The molecule has 5 rings (SSSR count). The highest BCUT2D eigenvalue weighted by Crippen LogP contribution is 2.40. The number of nitrogens with one attached hydrogen (secondary N) is 1. The number of aromatic amines is 1. The van der Waals surface area contributed by atoms with Crippen LogP contribution in [0.2, 0.25) is 5.02 Å². The number of amides is 1. The molecule has 0 radical (unpaired) electrons. The van der Waals surface area contributed by atoms with Gasteiger partial charge in [-0.3, -0.25) is 14.4 Å². The number of H-pyrrole nitrogens is 1. The van der Waals surface area contributed by atoms with E-state index < -0.39 is 12.0 Å². The summed E-state index contributed by atoms with van der Waals surface area (Å²) >= 11 is 6.17. The van der Waals surface area contributed by atoms with Gasteiger partial charge in [-0.2, -0.15) is 5.10 Å². The van der Waals surface area contributed by atoms with Crippen LogP contribution in [0.25, 0.3) is 22.0 Å². The first-order valence-electron chi connectivity index (χ1n) is 13.0. The number of carboxylic acids is 1. The minimum Gasteiger partial charge on any atom is -0.493 e. The second kappa shape index (κ2) is 11.9. The summed E-state index contributed by atoms with van der Waals surface area (Å²) in [5.74, 6) is -0.297. The summed E-state index contributed by atoms with van der Waals surface area (Å²) in [5, 5.41) is 16.5. The third-order valence-corrected chi connectivity index (χ3v) is 7.33. The minimum atomic E-state index is -0.977. The first-order chi connectivity index (χ1) is 19.8. The Kier molecular flexibility index (Phi) is 8.07. The third kappa shape index (κ3) is 5.67. The lowest BCUT2D eigenvalue weighted by Crippen LogP contribution is -2.27. The lowest BCUT2D eigenvalue weighted by atomic mass is 9.91. The third-order valence-electron chi connectivity index (χ3n) is 7.08. The van der Waals surface area contributed by atoms with Gasteiger partial charge in [0.1, 0.15) is 0 Å². The summed E-state index contributed by atoms with van der Waals surface area (Å²) in [6.07, 6.45) is 0.274. The minimum absolute atomic E-state index is 0.00894. The number of fused-ring (bicyclic) bond motifs is 1. The number of carbonyl (C=O) groups excluding carboxylic acids is 1. The highest BCUT2D eigenvalue weighted by atomic mass is 35.5. The van der Waals surface area contributed by atoms with Crippen molar-refractivity contribution in [1.29, 1.82) is 0 Å². The number of halogens is 1. The fourth-order valence-corrected chi connectivity index (χ4v) is 5.28. The predicted octanol–water partition coefficient (Wildman–Crippen LogP) is 5.80. The van der Waals surface area contributed by atoms with Gasteiger partial charge in [-0.1, -0.05) is 48.0 Å². The summed E-state index contributed by atoms with van der Waals surface area (Å²) in [6, 6.07) is 19.5. The molecule has 4 aromatic rings. The summed E-state index contributed by atoms with van der Waals surface area (Å²) < 4.78 is 10.9. The van der Waals surface area contributed by atoms with Crippen LogP contribution in [0.1, 0.15) is 42.9 Å². The van der Waals surface area contributed by atoms with Crippen LogP contribution in [-0.4, -0.2) is 46.9 Å². The van der Waals surface area contributed by atoms with Gasteiger partial charge >= 0.3 is 5.97 Å². The Bertz CT molecular complexity index is 1710. The van der Waals surface area contributed by atoms with E-state index in [-0.39, 0.29) is 37.1 Å². The average molecular weight is 574 g/mol. The van der Waals surface area contributed by atoms with E-state index in [1.807, 2.05) is 42.5 Å². The number of rotatable bonds is 9. The molecule has 1 atom stereocenters. The van der Waals surface area contributed by atoms with Crippen molar-refractivity contribution in [3.05, 3.63) is 93.2 Å². The second-order valence-corrected chi connectivity index (χ2v) is 10.1. The molecule has 3 aromatic carbocycles. The molecule has 10 heteroatoms. The van der Waals surface area contributed by atoms with Gasteiger partial charge in [0.2, 0.25) is 5.91 Å². The van der Waals surface area contributed by atoms with E-state index in [2.05, 4.69) is 4.98 Å². The first kappa shape index (κ1) is 27.9. The second-order valence-electron chi connectivity index (χ2n) is 9.62. The van der Waals surface area contributed by atoms with Crippen LogP contribution in [-0.2, 0) is 9.59 Å². The van der Waals surface area contributed by atoms with Gasteiger partial charge in [-0.25, -0.2) is 5.01 Å². The van der Waals surface area contributed by atoms with Crippen molar-refractivity contribution in [2.75, 3.05) is 14.2 Å². The van der Waals surface area contributed by atoms with Crippen molar-refractivity contribution >= 4 is 40.1 Å². The standard InChI is InChI=1S/C31H28ClN3O6/c1-40-25-15-12-19(16-26(25)41-2)24-17-23(34-35(24)27(36)8-5-9-28(37)38)30-29(18-10-13-20(32)14-11-18)21-6-3-4-7-22(21)33-31(30)39/h3-4,6-7,10-16,24H,5,8-9,17H2,1-2H3,(H,33,39)(H,37,38). The normalized spacial score (nSPS) is 14.7. The SMILES string of the molecule is COc1ccc(C2CC(c3c(-c4ccc(Cl)cc4)c4ccccc4[nH]c3=O)=NN2C(=O)CCCC(=O)O)cc1OC. The largest absolute Gasteiger partial charge is 0.493 e. The van der Waals surface area contributed by atoms with E-state index in [0.29, 0.717) is 38.9 Å².